The Morgan fingerprint density at radius 1 is 1.20 bits per heavy atom. The molecule has 0 aliphatic rings. The van der Waals surface area contributed by atoms with Gasteiger partial charge in [-0.25, -0.2) is 4.79 Å². The molecule has 0 unspecified atom stereocenters. The number of phenolic OH excluding ortho intramolecular Hbond substituents is 1. The van der Waals surface area contributed by atoms with Crippen LogP contribution in [0.1, 0.15) is 23.0 Å². The Hall–Kier alpha value is -2.47. The first-order valence-electron chi connectivity index (χ1n) is 7.86. The highest BCUT2D eigenvalue weighted by atomic mass is 79.9. The van der Waals surface area contributed by atoms with Crippen LogP contribution in [0.5, 0.6) is 11.5 Å². The quantitative estimate of drug-likeness (QED) is 0.643. The first kappa shape index (κ1) is 17.4. The van der Waals surface area contributed by atoms with Gasteiger partial charge in [-0.1, -0.05) is 12.1 Å². The molecular formula is C19H18BrNO4. The molecule has 1 heterocycles. The van der Waals surface area contributed by atoms with Gasteiger partial charge in [0.25, 0.3) is 0 Å². The summed E-state index contributed by atoms with van der Waals surface area (Å²) in [5.41, 5.74) is 2.18. The summed E-state index contributed by atoms with van der Waals surface area (Å²) < 4.78 is 12.9. The Kier molecular flexibility index (Phi) is 4.99. The SMILES string of the molecule is CCOC(=O)c1c(Br)c2ccc(O)cc2n1Cc1ccc(OC)cc1. The number of nitrogens with zero attached hydrogens (tertiary/aromatic N) is 1. The lowest BCUT2D eigenvalue weighted by molar-refractivity contribution is 0.0514. The summed E-state index contributed by atoms with van der Waals surface area (Å²) in [6.07, 6.45) is 0. The van der Waals surface area contributed by atoms with Crippen molar-refractivity contribution in [2.24, 2.45) is 0 Å². The summed E-state index contributed by atoms with van der Waals surface area (Å²) >= 11 is 3.51. The van der Waals surface area contributed by atoms with Crippen molar-refractivity contribution in [3.8, 4) is 11.5 Å². The van der Waals surface area contributed by atoms with Gasteiger partial charge in [0.2, 0.25) is 0 Å². The number of carbonyl (C=O) groups excluding carboxylic acids is 1. The number of carbonyl (C=O) groups is 1. The summed E-state index contributed by atoms with van der Waals surface area (Å²) in [6.45, 7) is 2.53. The number of halogens is 1. The largest absolute Gasteiger partial charge is 0.508 e. The van der Waals surface area contributed by atoms with E-state index < -0.39 is 5.97 Å². The minimum Gasteiger partial charge on any atom is -0.508 e. The summed E-state index contributed by atoms with van der Waals surface area (Å²) in [5.74, 6) is 0.507. The first-order valence-corrected chi connectivity index (χ1v) is 8.65. The van der Waals surface area contributed by atoms with Gasteiger partial charge in [-0.05, 0) is 52.7 Å². The lowest BCUT2D eigenvalue weighted by Gasteiger charge is -2.11. The molecule has 0 aliphatic heterocycles. The number of fused-ring (bicyclic) bond motifs is 1. The number of hydrogen-bond acceptors (Lipinski definition) is 4. The van der Waals surface area contributed by atoms with E-state index >= 15 is 0 Å². The minimum absolute atomic E-state index is 0.142. The van der Waals surface area contributed by atoms with Crippen molar-refractivity contribution in [3.05, 3.63) is 58.2 Å². The summed E-state index contributed by atoms with van der Waals surface area (Å²) in [4.78, 5) is 12.5. The van der Waals surface area contributed by atoms with Gasteiger partial charge in [0.15, 0.2) is 0 Å². The van der Waals surface area contributed by atoms with E-state index in [2.05, 4.69) is 15.9 Å². The molecule has 0 saturated carbocycles. The Bertz CT molecular complexity index is 915. The maximum Gasteiger partial charge on any atom is 0.356 e. The van der Waals surface area contributed by atoms with E-state index in [9.17, 15) is 9.90 Å². The van der Waals surface area contributed by atoms with Crippen molar-refractivity contribution in [3.63, 3.8) is 0 Å². The van der Waals surface area contributed by atoms with Crippen molar-refractivity contribution in [1.82, 2.24) is 4.57 Å². The fourth-order valence-corrected chi connectivity index (χ4v) is 3.48. The molecule has 3 rings (SSSR count). The Labute approximate surface area is 153 Å². The van der Waals surface area contributed by atoms with E-state index in [0.29, 0.717) is 23.3 Å². The van der Waals surface area contributed by atoms with Crippen LogP contribution in [0.25, 0.3) is 10.9 Å². The Morgan fingerprint density at radius 3 is 2.56 bits per heavy atom. The van der Waals surface area contributed by atoms with Crippen LogP contribution >= 0.6 is 15.9 Å². The minimum atomic E-state index is -0.404. The molecule has 6 heteroatoms. The number of hydrogen-bond donors (Lipinski definition) is 1. The average Bonchev–Trinajstić information content (AvgIpc) is 2.87. The third kappa shape index (κ3) is 3.35. The molecular weight excluding hydrogens is 386 g/mol. The number of benzene rings is 2. The van der Waals surface area contributed by atoms with Crippen molar-refractivity contribution < 1.29 is 19.4 Å². The molecule has 0 atom stereocenters. The maximum atomic E-state index is 12.5. The highest BCUT2D eigenvalue weighted by Gasteiger charge is 2.23. The molecule has 130 valence electrons. The summed E-state index contributed by atoms with van der Waals surface area (Å²) in [7, 11) is 1.62. The average molecular weight is 404 g/mol. The van der Waals surface area contributed by atoms with E-state index in [1.54, 1.807) is 32.2 Å². The van der Waals surface area contributed by atoms with Gasteiger partial charge in [0.1, 0.15) is 17.2 Å². The van der Waals surface area contributed by atoms with Gasteiger partial charge in [-0.15, -0.1) is 0 Å². The number of ether oxygens (including phenoxy) is 2. The zero-order chi connectivity index (χ0) is 18.0. The molecule has 0 amide bonds. The summed E-state index contributed by atoms with van der Waals surface area (Å²) in [6, 6.07) is 12.6. The van der Waals surface area contributed by atoms with E-state index in [4.69, 9.17) is 9.47 Å². The van der Waals surface area contributed by atoms with Crippen LogP contribution in [-0.4, -0.2) is 29.4 Å². The summed E-state index contributed by atoms with van der Waals surface area (Å²) in [5, 5.41) is 10.7. The molecule has 25 heavy (non-hydrogen) atoms. The van der Waals surface area contributed by atoms with Gasteiger partial charge in [0.05, 0.1) is 23.7 Å². The normalized spacial score (nSPS) is 10.8. The van der Waals surface area contributed by atoms with Crippen LogP contribution in [0.4, 0.5) is 0 Å². The van der Waals surface area contributed by atoms with Crippen LogP contribution in [0.15, 0.2) is 46.9 Å². The fraction of sp³-hybridized carbons (Fsp3) is 0.211. The monoisotopic (exact) mass is 403 g/mol. The van der Waals surface area contributed by atoms with Crippen molar-refractivity contribution >= 4 is 32.8 Å². The van der Waals surface area contributed by atoms with Gasteiger partial charge in [-0.3, -0.25) is 0 Å². The van der Waals surface area contributed by atoms with Crippen molar-refractivity contribution in [2.45, 2.75) is 13.5 Å². The molecule has 1 N–H and O–H groups in total. The van der Waals surface area contributed by atoms with Crippen LogP contribution in [0, 0.1) is 0 Å². The second-order valence-electron chi connectivity index (χ2n) is 5.52. The number of rotatable bonds is 5. The van der Waals surface area contributed by atoms with E-state index in [1.165, 1.54) is 0 Å². The molecule has 0 radical (unpaired) electrons. The number of aromatic nitrogens is 1. The van der Waals surface area contributed by atoms with Crippen molar-refractivity contribution in [1.29, 1.82) is 0 Å². The molecule has 3 aromatic rings. The number of esters is 1. The van der Waals surface area contributed by atoms with E-state index in [0.717, 1.165) is 22.2 Å². The van der Waals surface area contributed by atoms with Gasteiger partial charge in [0, 0.05) is 18.0 Å². The highest BCUT2D eigenvalue weighted by Crippen LogP contribution is 2.34. The molecule has 0 aliphatic carbocycles. The second kappa shape index (κ2) is 7.19. The number of phenols is 1. The smallest absolute Gasteiger partial charge is 0.356 e. The van der Waals surface area contributed by atoms with E-state index in [-0.39, 0.29) is 5.75 Å². The fourth-order valence-electron chi connectivity index (χ4n) is 2.77. The zero-order valence-electron chi connectivity index (χ0n) is 14.0. The van der Waals surface area contributed by atoms with Crippen LogP contribution in [-0.2, 0) is 11.3 Å². The number of aromatic hydroxyl groups is 1. The predicted molar refractivity (Wildman–Crippen MR) is 99.4 cm³/mol. The van der Waals surface area contributed by atoms with Crippen molar-refractivity contribution in [2.75, 3.05) is 13.7 Å². The second-order valence-corrected chi connectivity index (χ2v) is 6.31. The standard InChI is InChI=1S/C19H18BrNO4/c1-3-25-19(23)18-17(20)15-9-6-13(22)10-16(15)21(18)11-12-4-7-14(24-2)8-5-12/h4-10,22H,3,11H2,1-2H3. The first-order chi connectivity index (χ1) is 12.0. The van der Waals surface area contributed by atoms with Crippen LogP contribution in [0.2, 0.25) is 0 Å². The molecule has 5 nitrogen and oxygen atoms in total. The number of methoxy groups -OCH3 is 1. The van der Waals surface area contributed by atoms with Crippen LogP contribution < -0.4 is 4.74 Å². The molecule has 0 bridgehead atoms. The topological polar surface area (TPSA) is 60.7 Å². The molecule has 2 aromatic carbocycles. The molecule has 1 aromatic heterocycles. The third-order valence-corrected chi connectivity index (χ3v) is 4.76. The Balaban J connectivity index is 2.14. The highest BCUT2D eigenvalue weighted by molar-refractivity contribution is 9.10. The predicted octanol–water partition coefficient (Wildman–Crippen LogP) is 4.34. The molecule has 0 spiro atoms. The van der Waals surface area contributed by atoms with E-state index in [1.807, 2.05) is 28.8 Å². The van der Waals surface area contributed by atoms with Crippen LogP contribution in [0.3, 0.4) is 0 Å². The van der Waals surface area contributed by atoms with Gasteiger partial charge >= 0.3 is 5.97 Å². The zero-order valence-corrected chi connectivity index (χ0v) is 15.5. The Morgan fingerprint density at radius 2 is 1.92 bits per heavy atom. The lowest BCUT2D eigenvalue weighted by Crippen LogP contribution is -2.13. The lowest BCUT2D eigenvalue weighted by atomic mass is 10.2. The molecule has 0 fully saturated rings. The third-order valence-electron chi connectivity index (χ3n) is 3.95. The maximum absolute atomic E-state index is 12.5. The molecule has 0 saturated heterocycles. The van der Waals surface area contributed by atoms with Gasteiger partial charge < -0.3 is 19.1 Å². The van der Waals surface area contributed by atoms with Gasteiger partial charge in [-0.2, -0.15) is 0 Å².